The Kier molecular flexibility index (Phi) is 1.98. The van der Waals surface area contributed by atoms with Crippen molar-refractivity contribution in [3.05, 3.63) is 29.6 Å². The van der Waals surface area contributed by atoms with E-state index < -0.39 is 22.9 Å². The van der Waals surface area contributed by atoms with Crippen LogP contribution in [0.3, 0.4) is 0 Å². The molecule has 1 fully saturated rings. The van der Waals surface area contributed by atoms with Gasteiger partial charge in [-0.1, -0.05) is 6.07 Å². The fourth-order valence-electron chi connectivity index (χ4n) is 1.79. The van der Waals surface area contributed by atoms with Crippen molar-refractivity contribution in [3.63, 3.8) is 0 Å². The number of aromatic hydroxyl groups is 1. The van der Waals surface area contributed by atoms with Crippen molar-refractivity contribution in [1.82, 2.24) is 0 Å². The average molecular weight is 217 g/mol. The zero-order chi connectivity index (χ0) is 11.3. The van der Waals surface area contributed by atoms with Gasteiger partial charge in [-0.2, -0.15) is 0 Å². The second-order valence-electron chi connectivity index (χ2n) is 3.83. The first-order valence-corrected chi connectivity index (χ1v) is 4.50. The molecule has 2 rings (SSSR count). The lowest BCUT2D eigenvalue weighted by molar-refractivity contribution is 0.0895. The van der Waals surface area contributed by atoms with E-state index in [1.807, 2.05) is 0 Å². The molecule has 0 heterocycles. The van der Waals surface area contributed by atoms with Crippen LogP contribution in [-0.4, -0.2) is 17.6 Å². The molecule has 5 heteroatoms. The summed E-state index contributed by atoms with van der Waals surface area (Å²) in [7, 11) is 0. The van der Waals surface area contributed by atoms with Crippen molar-refractivity contribution in [1.29, 1.82) is 0 Å². The molecule has 1 aromatic rings. The Hall–Kier alpha value is -1.23. The maximum absolute atomic E-state index is 13.1. The number of phenolic OH excluding ortho intramolecular Hbond substituents is 1. The molecule has 0 bridgehead atoms. The van der Waals surface area contributed by atoms with Crippen LogP contribution in [0.1, 0.15) is 12.0 Å². The number of benzene rings is 1. The summed E-state index contributed by atoms with van der Waals surface area (Å²) in [5, 5.41) is 8.94. The van der Waals surface area contributed by atoms with Crippen molar-refractivity contribution < 1.29 is 18.3 Å². The number of hydrogen-bond donors (Lipinski definition) is 2. The minimum Gasteiger partial charge on any atom is -0.505 e. The molecule has 2 nitrogen and oxygen atoms in total. The number of rotatable bonds is 2. The third-order valence-corrected chi connectivity index (χ3v) is 2.95. The molecule has 0 spiro atoms. The van der Waals surface area contributed by atoms with Crippen LogP contribution in [0.2, 0.25) is 0 Å². The van der Waals surface area contributed by atoms with E-state index in [9.17, 15) is 13.2 Å². The standard InChI is InChI=1S/C10H10F3NO/c11-7-3-6(1-2-8(7)15)9(5-14)4-10(9,12)13/h1-3,15H,4-5,14H2. The maximum Gasteiger partial charge on any atom is 0.260 e. The molecule has 82 valence electrons. The first kappa shape index (κ1) is 10.3. The highest BCUT2D eigenvalue weighted by molar-refractivity contribution is 5.41. The zero-order valence-electron chi connectivity index (χ0n) is 7.80. The van der Waals surface area contributed by atoms with Gasteiger partial charge in [0.05, 0.1) is 5.41 Å². The fraction of sp³-hybridized carbons (Fsp3) is 0.400. The van der Waals surface area contributed by atoms with Crippen LogP contribution >= 0.6 is 0 Å². The van der Waals surface area contributed by atoms with Crippen LogP contribution in [0.5, 0.6) is 5.75 Å². The molecule has 1 aromatic carbocycles. The molecular formula is C10H10F3NO. The van der Waals surface area contributed by atoms with Gasteiger partial charge in [0.1, 0.15) is 0 Å². The quantitative estimate of drug-likeness (QED) is 0.793. The van der Waals surface area contributed by atoms with E-state index in [1.165, 1.54) is 6.07 Å². The minimum absolute atomic E-state index is 0.144. The van der Waals surface area contributed by atoms with Crippen molar-refractivity contribution in [3.8, 4) is 5.75 Å². The molecule has 1 unspecified atom stereocenters. The second kappa shape index (κ2) is 2.88. The normalized spacial score (nSPS) is 27.7. The van der Waals surface area contributed by atoms with Gasteiger partial charge in [-0.05, 0) is 17.7 Å². The molecule has 1 atom stereocenters. The highest BCUT2D eigenvalue weighted by Crippen LogP contribution is 2.61. The Labute approximate surface area is 84.5 Å². The van der Waals surface area contributed by atoms with E-state index in [4.69, 9.17) is 10.8 Å². The Morgan fingerprint density at radius 2 is 2.00 bits per heavy atom. The molecular weight excluding hydrogens is 207 g/mol. The van der Waals surface area contributed by atoms with Gasteiger partial charge in [0.2, 0.25) is 0 Å². The van der Waals surface area contributed by atoms with Gasteiger partial charge in [0, 0.05) is 13.0 Å². The van der Waals surface area contributed by atoms with Gasteiger partial charge in [-0.25, -0.2) is 13.2 Å². The molecule has 0 aliphatic heterocycles. The van der Waals surface area contributed by atoms with Crippen molar-refractivity contribution in [2.24, 2.45) is 5.73 Å². The highest BCUT2D eigenvalue weighted by Gasteiger charge is 2.71. The summed E-state index contributed by atoms with van der Waals surface area (Å²) in [5.74, 6) is -4.32. The van der Waals surface area contributed by atoms with Gasteiger partial charge >= 0.3 is 0 Å². The molecule has 0 radical (unpaired) electrons. The monoisotopic (exact) mass is 217 g/mol. The molecule has 0 amide bonds. The van der Waals surface area contributed by atoms with Gasteiger partial charge in [-0.3, -0.25) is 0 Å². The third kappa shape index (κ3) is 1.30. The lowest BCUT2D eigenvalue weighted by Gasteiger charge is -2.14. The molecule has 1 aliphatic rings. The maximum atomic E-state index is 13.1. The van der Waals surface area contributed by atoms with Gasteiger partial charge in [0.15, 0.2) is 11.6 Å². The lowest BCUT2D eigenvalue weighted by Crippen LogP contribution is -2.26. The van der Waals surface area contributed by atoms with Crippen LogP contribution in [0.4, 0.5) is 13.2 Å². The summed E-state index contributed by atoms with van der Waals surface area (Å²) in [4.78, 5) is 0. The van der Waals surface area contributed by atoms with Crippen molar-refractivity contribution >= 4 is 0 Å². The van der Waals surface area contributed by atoms with E-state index >= 15 is 0 Å². The Bertz CT molecular complexity index is 408. The van der Waals surface area contributed by atoms with Crippen LogP contribution in [-0.2, 0) is 5.41 Å². The smallest absolute Gasteiger partial charge is 0.260 e. The Morgan fingerprint density at radius 3 is 2.40 bits per heavy atom. The number of halogens is 3. The zero-order valence-corrected chi connectivity index (χ0v) is 7.80. The predicted octanol–water partition coefficient (Wildman–Crippen LogP) is 1.77. The third-order valence-electron chi connectivity index (χ3n) is 2.95. The predicted molar refractivity (Wildman–Crippen MR) is 48.4 cm³/mol. The highest BCUT2D eigenvalue weighted by atomic mass is 19.3. The van der Waals surface area contributed by atoms with Crippen LogP contribution < -0.4 is 5.73 Å². The van der Waals surface area contributed by atoms with E-state index in [-0.39, 0.29) is 18.5 Å². The number of nitrogens with two attached hydrogens (primary N) is 1. The molecule has 15 heavy (non-hydrogen) atoms. The summed E-state index contributed by atoms with van der Waals surface area (Å²) < 4.78 is 39.2. The molecule has 0 aromatic heterocycles. The molecule has 0 saturated heterocycles. The van der Waals surface area contributed by atoms with E-state index in [0.29, 0.717) is 0 Å². The van der Waals surface area contributed by atoms with E-state index in [2.05, 4.69) is 0 Å². The van der Waals surface area contributed by atoms with Crippen LogP contribution in [0.15, 0.2) is 18.2 Å². The average Bonchev–Trinajstić information content (AvgIpc) is 2.75. The lowest BCUT2D eigenvalue weighted by atomic mass is 9.95. The van der Waals surface area contributed by atoms with Crippen molar-refractivity contribution in [2.75, 3.05) is 6.54 Å². The number of hydrogen-bond acceptors (Lipinski definition) is 2. The molecule has 1 aliphatic carbocycles. The second-order valence-corrected chi connectivity index (χ2v) is 3.83. The first-order chi connectivity index (χ1) is 6.93. The summed E-state index contributed by atoms with van der Waals surface area (Å²) in [6.45, 7) is -0.232. The summed E-state index contributed by atoms with van der Waals surface area (Å²) in [5.41, 5.74) is 4.00. The van der Waals surface area contributed by atoms with Crippen LogP contribution in [0.25, 0.3) is 0 Å². The van der Waals surface area contributed by atoms with Gasteiger partial charge in [-0.15, -0.1) is 0 Å². The Morgan fingerprint density at radius 1 is 1.40 bits per heavy atom. The van der Waals surface area contributed by atoms with Crippen LogP contribution in [0, 0.1) is 5.82 Å². The topological polar surface area (TPSA) is 46.2 Å². The van der Waals surface area contributed by atoms with Gasteiger partial charge < -0.3 is 10.8 Å². The summed E-state index contributed by atoms with van der Waals surface area (Å²) in [6, 6.07) is 3.27. The SMILES string of the molecule is NCC1(c2ccc(O)c(F)c2)CC1(F)F. The first-order valence-electron chi connectivity index (χ1n) is 4.50. The number of alkyl halides is 2. The Balaban J connectivity index is 2.42. The van der Waals surface area contributed by atoms with E-state index in [1.54, 1.807) is 0 Å². The summed E-state index contributed by atoms with van der Waals surface area (Å²) in [6.07, 6.45) is -0.360. The number of phenols is 1. The molecule has 3 N–H and O–H groups in total. The largest absolute Gasteiger partial charge is 0.505 e. The van der Waals surface area contributed by atoms with E-state index in [0.717, 1.165) is 12.1 Å². The van der Waals surface area contributed by atoms with Crippen molar-refractivity contribution in [2.45, 2.75) is 17.8 Å². The fourth-order valence-corrected chi connectivity index (χ4v) is 1.79. The minimum atomic E-state index is -2.87. The summed E-state index contributed by atoms with van der Waals surface area (Å²) >= 11 is 0. The molecule has 1 saturated carbocycles. The van der Waals surface area contributed by atoms with Gasteiger partial charge in [0.25, 0.3) is 5.92 Å².